The SMILES string of the molecule is COC(=O)c1c(C(F)(F)F)[nH]c2c1[C@@]13C[C@@H]1CN(C(=O)c1cc4cc(OC)ccc4[nH]1)C3=CC2=O. The first-order valence-electron chi connectivity index (χ1n) is 10.8. The van der Waals surface area contributed by atoms with Crippen LogP contribution in [0.1, 0.15) is 49.0 Å². The van der Waals surface area contributed by atoms with Gasteiger partial charge in [-0.1, -0.05) is 0 Å². The van der Waals surface area contributed by atoms with Crippen molar-refractivity contribution in [1.82, 2.24) is 14.9 Å². The number of amides is 1. The van der Waals surface area contributed by atoms with Gasteiger partial charge in [-0.2, -0.15) is 13.2 Å². The van der Waals surface area contributed by atoms with E-state index < -0.39 is 40.5 Å². The summed E-state index contributed by atoms with van der Waals surface area (Å²) in [5, 5.41) is 0.746. The molecule has 1 amide bonds. The van der Waals surface area contributed by atoms with Crippen LogP contribution in [0.2, 0.25) is 0 Å². The Bertz CT molecular complexity index is 1500. The Morgan fingerprint density at radius 3 is 2.63 bits per heavy atom. The molecule has 1 aliphatic heterocycles. The molecule has 2 aliphatic carbocycles. The number of benzene rings is 1. The number of nitrogens with zero attached hydrogens (tertiary/aromatic N) is 1. The second-order valence-corrected chi connectivity index (χ2v) is 8.93. The van der Waals surface area contributed by atoms with Crippen molar-refractivity contribution in [1.29, 1.82) is 0 Å². The van der Waals surface area contributed by atoms with Gasteiger partial charge in [0.05, 0.1) is 25.5 Å². The Morgan fingerprint density at radius 2 is 1.94 bits per heavy atom. The number of H-pyrrole nitrogens is 2. The zero-order valence-electron chi connectivity index (χ0n) is 18.5. The van der Waals surface area contributed by atoms with Crippen molar-refractivity contribution in [3.8, 4) is 5.75 Å². The van der Waals surface area contributed by atoms with Crippen LogP contribution in [0.25, 0.3) is 10.9 Å². The highest BCUT2D eigenvalue weighted by atomic mass is 19.4. The largest absolute Gasteiger partial charge is 0.497 e. The molecule has 8 nitrogen and oxygen atoms in total. The average molecular weight is 485 g/mol. The molecule has 1 aromatic carbocycles. The Morgan fingerprint density at radius 1 is 1.17 bits per heavy atom. The maximum atomic E-state index is 13.8. The summed E-state index contributed by atoms with van der Waals surface area (Å²) in [7, 11) is 2.52. The third-order valence-electron chi connectivity index (χ3n) is 7.19. The number of fused-ring (bicyclic) bond motifs is 2. The normalized spacial score (nSPS) is 22.4. The summed E-state index contributed by atoms with van der Waals surface area (Å²) in [4.78, 5) is 45.5. The van der Waals surface area contributed by atoms with Crippen molar-refractivity contribution >= 4 is 28.6 Å². The van der Waals surface area contributed by atoms with E-state index in [-0.39, 0.29) is 29.4 Å². The molecule has 1 saturated heterocycles. The number of halogens is 3. The van der Waals surface area contributed by atoms with Crippen LogP contribution in [0.5, 0.6) is 5.75 Å². The van der Waals surface area contributed by atoms with E-state index in [1.165, 1.54) is 18.1 Å². The molecule has 0 bridgehead atoms. The number of esters is 1. The number of piperidine rings is 1. The number of aromatic nitrogens is 2. The molecular weight excluding hydrogens is 467 g/mol. The minimum atomic E-state index is -4.90. The predicted octanol–water partition coefficient (Wildman–Crippen LogP) is 3.80. The van der Waals surface area contributed by atoms with Crippen LogP contribution >= 0.6 is 0 Å². The average Bonchev–Trinajstić information content (AvgIpc) is 3.16. The first kappa shape index (κ1) is 21.5. The number of likely N-dealkylation sites (tertiary alicyclic amines) is 1. The molecule has 3 aliphatic rings. The number of ketones is 1. The molecule has 2 fully saturated rings. The van der Waals surface area contributed by atoms with Crippen LogP contribution in [0.3, 0.4) is 0 Å². The number of nitrogens with one attached hydrogen (secondary N) is 2. The van der Waals surface area contributed by atoms with Gasteiger partial charge in [-0.05, 0) is 36.6 Å². The molecule has 6 rings (SSSR count). The van der Waals surface area contributed by atoms with Gasteiger partial charge in [0.1, 0.15) is 17.1 Å². The van der Waals surface area contributed by atoms with Gasteiger partial charge in [0, 0.05) is 40.2 Å². The second kappa shape index (κ2) is 6.77. The summed E-state index contributed by atoms with van der Waals surface area (Å²) in [5.74, 6) is -1.94. The standard InChI is InChI=1S/C24H18F3N3O5/c1-34-12-3-4-13-10(5-12)6-14(28-13)21(32)30-9-11-8-23(11)16(30)7-15(31)19-18(23)17(22(33)35-2)20(29-19)24(25,26)27/h3-7,11,28-29H,8-9H2,1-2H3/t11-,23+/m1/s1. The second-order valence-electron chi connectivity index (χ2n) is 8.93. The topological polar surface area (TPSA) is 104 Å². The first-order chi connectivity index (χ1) is 16.6. The van der Waals surface area contributed by atoms with Gasteiger partial charge in [0.15, 0.2) is 0 Å². The highest BCUT2D eigenvalue weighted by Gasteiger charge is 2.69. The summed E-state index contributed by atoms with van der Waals surface area (Å²) in [6.45, 7) is 0.212. The fraction of sp³-hybridized carbons (Fsp3) is 0.292. The maximum Gasteiger partial charge on any atom is 0.432 e. The number of ether oxygens (including phenoxy) is 2. The lowest BCUT2D eigenvalue weighted by molar-refractivity contribution is -0.141. The number of allylic oxidation sites excluding steroid dienone is 2. The number of aromatic amines is 2. The zero-order valence-corrected chi connectivity index (χ0v) is 18.5. The van der Waals surface area contributed by atoms with E-state index in [1.807, 2.05) is 0 Å². The first-order valence-corrected chi connectivity index (χ1v) is 10.8. The monoisotopic (exact) mass is 485 g/mol. The molecule has 0 unspecified atom stereocenters. The number of alkyl halides is 3. The molecule has 35 heavy (non-hydrogen) atoms. The van der Waals surface area contributed by atoms with Gasteiger partial charge in [0.2, 0.25) is 5.78 Å². The van der Waals surface area contributed by atoms with Crippen LogP contribution in [0.15, 0.2) is 36.0 Å². The van der Waals surface area contributed by atoms with Crippen LogP contribution in [-0.4, -0.2) is 53.3 Å². The van der Waals surface area contributed by atoms with Gasteiger partial charge < -0.3 is 24.3 Å². The Balaban J connectivity index is 1.45. The molecular formula is C24H18F3N3O5. The van der Waals surface area contributed by atoms with Gasteiger partial charge >= 0.3 is 12.1 Å². The maximum absolute atomic E-state index is 13.8. The Kier molecular flexibility index (Phi) is 4.16. The minimum absolute atomic E-state index is 0.0270. The van der Waals surface area contributed by atoms with Crippen molar-refractivity contribution in [3.63, 3.8) is 0 Å². The van der Waals surface area contributed by atoms with Crippen molar-refractivity contribution in [2.75, 3.05) is 20.8 Å². The Labute approximate surface area is 195 Å². The molecule has 11 heteroatoms. The molecule has 2 atom stereocenters. The summed E-state index contributed by atoms with van der Waals surface area (Å²) >= 11 is 0. The van der Waals surface area contributed by atoms with Gasteiger partial charge in [0.25, 0.3) is 5.91 Å². The molecule has 2 N–H and O–H groups in total. The lowest BCUT2D eigenvalue weighted by atomic mass is 9.82. The number of carbonyl (C=O) groups is 3. The summed E-state index contributed by atoms with van der Waals surface area (Å²) in [5.41, 5.74) is -2.07. The molecule has 3 aromatic rings. The van der Waals surface area contributed by atoms with Crippen molar-refractivity contribution in [2.45, 2.75) is 18.0 Å². The number of carbonyl (C=O) groups excluding carboxylic acids is 3. The number of hydrogen-bond donors (Lipinski definition) is 2. The summed E-state index contributed by atoms with van der Waals surface area (Å²) < 4.78 is 51.2. The van der Waals surface area contributed by atoms with Crippen LogP contribution < -0.4 is 4.74 Å². The smallest absolute Gasteiger partial charge is 0.432 e. The third kappa shape index (κ3) is 2.77. The van der Waals surface area contributed by atoms with Crippen molar-refractivity contribution in [3.05, 3.63) is 64.2 Å². The van der Waals surface area contributed by atoms with Gasteiger partial charge in [-0.25, -0.2) is 4.79 Å². The third-order valence-corrected chi connectivity index (χ3v) is 7.19. The Hall–Kier alpha value is -4.02. The predicted molar refractivity (Wildman–Crippen MR) is 115 cm³/mol. The molecule has 0 radical (unpaired) electrons. The molecule has 2 aromatic heterocycles. The molecule has 3 heterocycles. The lowest BCUT2D eigenvalue weighted by Gasteiger charge is -2.28. The number of methoxy groups -OCH3 is 2. The van der Waals surface area contributed by atoms with Crippen LogP contribution in [-0.2, 0) is 16.3 Å². The van der Waals surface area contributed by atoms with E-state index in [0.717, 1.165) is 12.5 Å². The van der Waals surface area contributed by atoms with E-state index >= 15 is 0 Å². The minimum Gasteiger partial charge on any atom is -0.497 e. The zero-order chi connectivity index (χ0) is 24.9. The summed E-state index contributed by atoms with van der Waals surface area (Å²) in [6, 6.07) is 6.94. The lowest BCUT2D eigenvalue weighted by Crippen LogP contribution is -2.34. The highest BCUT2D eigenvalue weighted by molar-refractivity contribution is 6.12. The van der Waals surface area contributed by atoms with Crippen molar-refractivity contribution in [2.24, 2.45) is 5.92 Å². The molecule has 1 saturated carbocycles. The number of rotatable bonds is 3. The molecule has 1 spiro atoms. The highest BCUT2D eigenvalue weighted by Crippen LogP contribution is 2.68. The fourth-order valence-corrected chi connectivity index (χ4v) is 5.60. The van der Waals surface area contributed by atoms with E-state index in [9.17, 15) is 27.6 Å². The van der Waals surface area contributed by atoms with E-state index in [1.54, 1.807) is 24.3 Å². The summed E-state index contributed by atoms with van der Waals surface area (Å²) in [6.07, 6.45) is -3.27. The van der Waals surface area contributed by atoms with Crippen molar-refractivity contribution < 1.29 is 37.0 Å². The quantitative estimate of drug-likeness (QED) is 0.549. The van der Waals surface area contributed by atoms with E-state index in [0.29, 0.717) is 23.4 Å². The van der Waals surface area contributed by atoms with E-state index in [4.69, 9.17) is 4.74 Å². The molecule has 180 valence electrons. The van der Waals surface area contributed by atoms with Gasteiger partial charge in [-0.3, -0.25) is 9.59 Å². The van der Waals surface area contributed by atoms with Gasteiger partial charge in [-0.15, -0.1) is 0 Å². The van der Waals surface area contributed by atoms with Crippen LogP contribution in [0.4, 0.5) is 13.2 Å². The van der Waals surface area contributed by atoms with Crippen LogP contribution in [0, 0.1) is 5.92 Å². The number of hydrogen-bond acceptors (Lipinski definition) is 5. The van der Waals surface area contributed by atoms with E-state index in [2.05, 4.69) is 14.7 Å². The fourth-order valence-electron chi connectivity index (χ4n) is 5.60.